The molecule has 0 fully saturated rings. The molecule has 2 N–H and O–H groups in total. The summed E-state index contributed by atoms with van der Waals surface area (Å²) in [4.78, 5) is 30.1. The fourth-order valence-corrected chi connectivity index (χ4v) is 3.39. The normalized spacial score (nSPS) is 11.6. The molecule has 1 aromatic heterocycles. The molecule has 3 rings (SSSR count). The molecular formula is C23H27N3O5. The molecule has 2 amide bonds. The number of ether oxygens (including phenoxy) is 3. The first-order valence-electron chi connectivity index (χ1n) is 9.77. The van der Waals surface area contributed by atoms with Gasteiger partial charge < -0.3 is 29.4 Å². The number of methoxy groups -OCH3 is 3. The van der Waals surface area contributed by atoms with Crippen LogP contribution in [0.2, 0.25) is 0 Å². The topological polar surface area (TPSA) is 92.9 Å². The molecule has 164 valence electrons. The number of nitrogens with zero attached hydrogens (tertiary/aromatic N) is 1. The van der Waals surface area contributed by atoms with E-state index in [2.05, 4.69) is 10.3 Å². The lowest BCUT2D eigenvalue weighted by molar-refractivity contribution is -0.129. The number of carbonyl (C=O) groups is 2. The van der Waals surface area contributed by atoms with Gasteiger partial charge in [0.1, 0.15) is 11.4 Å². The number of carbonyl (C=O) groups excluding carboxylic acids is 2. The number of amides is 2. The number of hydrogen-bond donors (Lipinski definition) is 2. The van der Waals surface area contributed by atoms with Crippen molar-refractivity contribution in [3.8, 4) is 17.2 Å². The Morgan fingerprint density at radius 2 is 1.68 bits per heavy atom. The monoisotopic (exact) mass is 425 g/mol. The predicted octanol–water partition coefficient (Wildman–Crippen LogP) is 3.14. The van der Waals surface area contributed by atoms with Gasteiger partial charge in [0.15, 0.2) is 11.5 Å². The standard InChI is InChI=1S/C23H27N3O5/c1-26(2)20(27)12-16(14-9-7-6-8-10-14)25-23(28)17-11-15-18(29-3)13-19(30-4)22(31-5)21(15)24-17/h6-11,13,16,24H,12H2,1-5H3,(H,25,28)/t16-/m1/s1. The molecule has 2 aromatic carbocycles. The molecule has 3 aromatic rings. The minimum absolute atomic E-state index is 0.0844. The molecule has 0 aliphatic carbocycles. The van der Waals surface area contributed by atoms with Crippen LogP contribution in [0.15, 0.2) is 42.5 Å². The number of aromatic nitrogens is 1. The molecule has 1 atom stereocenters. The van der Waals surface area contributed by atoms with Crippen molar-refractivity contribution in [2.45, 2.75) is 12.5 Å². The van der Waals surface area contributed by atoms with E-state index >= 15 is 0 Å². The summed E-state index contributed by atoms with van der Waals surface area (Å²) < 4.78 is 16.3. The molecule has 0 radical (unpaired) electrons. The summed E-state index contributed by atoms with van der Waals surface area (Å²) in [6.07, 6.45) is 0.142. The summed E-state index contributed by atoms with van der Waals surface area (Å²) in [6, 6.07) is 12.3. The number of H-pyrrole nitrogens is 1. The Labute approximate surface area is 181 Å². The van der Waals surface area contributed by atoms with Crippen molar-refractivity contribution in [2.24, 2.45) is 0 Å². The maximum atomic E-state index is 13.1. The summed E-state index contributed by atoms with van der Waals surface area (Å²) in [5, 5.41) is 3.66. The molecule has 1 heterocycles. The number of hydrogen-bond acceptors (Lipinski definition) is 5. The predicted molar refractivity (Wildman–Crippen MR) is 118 cm³/mol. The van der Waals surface area contributed by atoms with Gasteiger partial charge in [0.05, 0.1) is 39.3 Å². The number of rotatable bonds is 8. The van der Waals surface area contributed by atoms with Crippen LogP contribution in [0.1, 0.15) is 28.5 Å². The van der Waals surface area contributed by atoms with Gasteiger partial charge in [-0.3, -0.25) is 9.59 Å². The zero-order valence-corrected chi connectivity index (χ0v) is 18.3. The van der Waals surface area contributed by atoms with E-state index in [0.29, 0.717) is 33.8 Å². The smallest absolute Gasteiger partial charge is 0.268 e. The molecule has 0 spiro atoms. The summed E-state index contributed by atoms with van der Waals surface area (Å²) in [5.74, 6) is 1.07. The van der Waals surface area contributed by atoms with Crippen LogP contribution in [0.4, 0.5) is 0 Å². The Bertz CT molecular complexity index is 1080. The van der Waals surface area contributed by atoms with Crippen molar-refractivity contribution in [1.82, 2.24) is 15.2 Å². The van der Waals surface area contributed by atoms with Gasteiger partial charge in [0.25, 0.3) is 5.91 Å². The lowest BCUT2D eigenvalue weighted by atomic mass is 10.0. The van der Waals surface area contributed by atoms with E-state index in [4.69, 9.17) is 14.2 Å². The number of aromatic amines is 1. The summed E-state index contributed by atoms with van der Waals surface area (Å²) >= 11 is 0. The van der Waals surface area contributed by atoms with Crippen LogP contribution in [0.3, 0.4) is 0 Å². The van der Waals surface area contributed by atoms with Crippen molar-refractivity contribution in [3.63, 3.8) is 0 Å². The number of fused-ring (bicyclic) bond motifs is 1. The maximum absolute atomic E-state index is 13.1. The van der Waals surface area contributed by atoms with E-state index in [9.17, 15) is 9.59 Å². The summed E-state index contributed by atoms with van der Waals surface area (Å²) in [5.41, 5.74) is 1.75. The van der Waals surface area contributed by atoms with Crippen molar-refractivity contribution < 1.29 is 23.8 Å². The number of nitrogens with one attached hydrogen (secondary N) is 2. The first-order valence-corrected chi connectivity index (χ1v) is 9.77. The van der Waals surface area contributed by atoms with Gasteiger partial charge in [-0.2, -0.15) is 0 Å². The molecule has 0 bridgehead atoms. The first-order chi connectivity index (χ1) is 14.9. The van der Waals surface area contributed by atoms with E-state index in [1.54, 1.807) is 33.3 Å². The highest BCUT2D eigenvalue weighted by Crippen LogP contribution is 2.41. The van der Waals surface area contributed by atoms with Crippen LogP contribution in [-0.4, -0.2) is 57.1 Å². The van der Waals surface area contributed by atoms with E-state index in [-0.39, 0.29) is 18.2 Å². The molecule has 0 aliphatic rings. The van der Waals surface area contributed by atoms with Crippen LogP contribution in [0.25, 0.3) is 10.9 Å². The quantitative estimate of drug-likeness (QED) is 0.578. The Kier molecular flexibility index (Phi) is 6.69. The summed E-state index contributed by atoms with van der Waals surface area (Å²) in [7, 11) is 7.99. The van der Waals surface area contributed by atoms with E-state index in [1.807, 2.05) is 30.3 Å². The highest BCUT2D eigenvalue weighted by Gasteiger charge is 2.23. The second kappa shape index (κ2) is 9.42. The average Bonchev–Trinajstić information content (AvgIpc) is 3.23. The average molecular weight is 425 g/mol. The SMILES string of the molecule is COc1cc(OC)c2cc(C(=O)N[C@H](CC(=O)N(C)C)c3ccccc3)[nH]c2c1OC. The second-order valence-electron chi connectivity index (χ2n) is 7.22. The van der Waals surface area contributed by atoms with E-state index in [0.717, 1.165) is 5.56 Å². The first kappa shape index (κ1) is 22.0. The third-order valence-electron chi connectivity index (χ3n) is 5.07. The summed E-state index contributed by atoms with van der Waals surface area (Å²) in [6.45, 7) is 0. The van der Waals surface area contributed by atoms with Gasteiger partial charge in [0, 0.05) is 25.5 Å². The highest BCUT2D eigenvalue weighted by atomic mass is 16.5. The van der Waals surface area contributed by atoms with E-state index < -0.39 is 6.04 Å². The fraction of sp³-hybridized carbons (Fsp3) is 0.304. The van der Waals surface area contributed by atoms with Crippen LogP contribution >= 0.6 is 0 Å². The van der Waals surface area contributed by atoms with Crippen LogP contribution < -0.4 is 19.5 Å². The maximum Gasteiger partial charge on any atom is 0.268 e. The minimum atomic E-state index is -0.478. The van der Waals surface area contributed by atoms with Crippen LogP contribution in [0, 0.1) is 0 Å². The Balaban J connectivity index is 1.97. The zero-order chi connectivity index (χ0) is 22.5. The fourth-order valence-electron chi connectivity index (χ4n) is 3.39. The van der Waals surface area contributed by atoms with Gasteiger partial charge in [-0.05, 0) is 11.6 Å². The van der Waals surface area contributed by atoms with Crippen molar-refractivity contribution in [3.05, 3.63) is 53.7 Å². The lowest BCUT2D eigenvalue weighted by Gasteiger charge is -2.20. The van der Waals surface area contributed by atoms with Gasteiger partial charge >= 0.3 is 0 Å². The molecular weight excluding hydrogens is 398 g/mol. The van der Waals surface area contributed by atoms with Gasteiger partial charge in [-0.25, -0.2) is 0 Å². The van der Waals surface area contributed by atoms with Crippen LogP contribution in [0.5, 0.6) is 17.2 Å². The lowest BCUT2D eigenvalue weighted by Crippen LogP contribution is -2.33. The van der Waals surface area contributed by atoms with E-state index in [1.165, 1.54) is 19.1 Å². The van der Waals surface area contributed by atoms with Gasteiger partial charge in [0.2, 0.25) is 5.91 Å². The van der Waals surface area contributed by atoms with Crippen molar-refractivity contribution >= 4 is 22.7 Å². The molecule has 0 aliphatic heterocycles. The Morgan fingerprint density at radius 3 is 2.26 bits per heavy atom. The minimum Gasteiger partial charge on any atom is -0.496 e. The van der Waals surface area contributed by atoms with Crippen molar-refractivity contribution in [2.75, 3.05) is 35.4 Å². The molecule has 0 saturated heterocycles. The zero-order valence-electron chi connectivity index (χ0n) is 18.3. The van der Waals surface area contributed by atoms with Gasteiger partial charge in [-0.15, -0.1) is 0 Å². The van der Waals surface area contributed by atoms with Crippen molar-refractivity contribution in [1.29, 1.82) is 0 Å². The molecule has 8 heteroatoms. The Hall–Kier alpha value is -3.68. The largest absolute Gasteiger partial charge is 0.496 e. The third kappa shape index (κ3) is 4.58. The molecule has 8 nitrogen and oxygen atoms in total. The molecule has 0 unspecified atom stereocenters. The van der Waals surface area contributed by atoms with Gasteiger partial charge in [-0.1, -0.05) is 30.3 Å². The Morgan fingerprint density at radius 1 is 1.00 bits per heavy atom. The van der Waals surface area contributed by atoms with Crippen LogP contribution in [-0.2, 0) is 4.79 Å². The molecule has 31 heavy (non-hydrogen) atoms. The highest BCUT2D eigenvalue weighted by molar-refractivity contribution is 6.02. The third-order valence-corrected chi connectivity index (χ3v) is 5.07. The number of benzene rings is 2. The molecule has 0 saturated carbocycles. The second-order valence-corrected chi connectivity index (χ2v) is 7.22.